The Morgan fingerprint density at radius 1 is 1.18 bits per heavy atom. The SMILES string of the molecule is CCOC(=O)C(C(=O)OCc1ccccc1)n1cc[n+](C)c1. The maximum absolute atomic E-state index is 12.3. The largest absolute Gasteiger partial charge is 0.462 e. The molecule has 22 heavy (non-hydrogen) atoms. The summed E-state index contributed by atoms with van der Waals surface area (Å²) >= 11 is 0. The molecule has 6 nitrogen and oxygen atoms in total. The lowest BCUT2D eigenvalue weighted by atomic mass is 10.2. The lowest BCUT2D eigenvalue weighted by Crippen LogP contribution is -2.32. The Kier molecular flexibility index (Phi) is 5.30. The normalized spacial score (nSPS) is 11.7. The van der Waals surface area contributed by atoms with Crippen LogP contribution < -0.4 is 4.57 Å². The quantitative estimate of drug-likeness (QED) is 0.456. The third kappa shape index (κ3) is 3.94. The van der Waals surface area contributed by atoms with Crippen molar-refractivity contribution >= 4 is 11.9 Å². The van der Waals surface area contributed by atoms with Crippen LogP contribution in [-0.4, -0.2) is 23.1 Å². The summed E-state index contributed by atoms with van der Waals surface area (Å²) in [7, 11) is 1.80. The number of ether oxygens (including phenoxy) is 2. The number of hydrogen-bond donors (Lipinski definition) is 0. The maximum atomic E-state index is 12.3. The van der Waals surface area contributed by atoms with E-state index in [9.17, 15) is 9.59 Å². The first-order valence-electron chi connectivity index (χ1n) is 7.01. The smallest absolute Gasteiger partial charge is 0.364 e. The van der Waals surface area contributed by atoms with Crippen LogP contribution in [0.4, 0.5) is 0 Å². The summed E-state index contributed by atoms with van der Waals surface area (Å²) in [6.07, 6.45) is 4.99. The molecule has 2 rings (SSSR count). The molecule has 0 radical (unpaired) electrons. The van der Waals surface area contributed by atoms with Crippen LogP contribution in [0.2, 0.25) is 0 Å². The molecule has 0 aliphatic carbocycles. The van der Waals surface area contributed by atoms with E-state index >= 15 is 0 Å². The standard InChI is InChI=1S/C16H19N2O4/c1-3-21-15(19)14(18-10-9-17(2)12-18)16(20)22-11-13-7-5-4-6-8-13/h4-10,12,14H,3,11H2,1-2H3/q+1. The zero-order chi connectivity index (χ0) is 15.9. The Labute approximate surface area is 128 Å². The van der Waals surface area contributed by atoms with Gasteiger partial charge in [0.25, 0.3) is 6.04 Å². The molecule has 1 aromatic heterocycles. The Balaban J connectivity index is 2.10. The van der Waals surface area contributed by atoms with Gasteiger partial charge in [0.1, 0.15) is 19.0 Å². The highest BCUT2D eigenvalue weighted by Gasteiger charge is 2.36. The summed E-state index contributed by atoms with van der Waals surface area (Å²) in [6, 6.07) is 8.16. The van der Waals surface area contributed by atoms with Crippen LogP contribution in [0.15, 0.2) is 49.1 Å². The minimum Gasteiger partial charge on any atom is -0.462 e. The third-order valence-corrected chi connectivity index (χ3v) is 3.04. The van der Waals surface area contributed by atoms with Crippen molar-refractivity contribution in [3.8, 4) is 0 Å². The highest BCUT2D eigenvalue weighted by Crippen LogP contribution is 2.12. The van der Waals surface area contributed by atoms with E-state index in [1.165, 1.54) is 4.57 Å². The van der Waals surface area contributed by atoms with E-state index in [1.54, 1.807) is 37.3 Å². The van der Waals surface area contributed by atoms with Gasteiger partial charge in [0.05, 0.1) is 13.7 Å². The number of imidazole rings is 1. The van der Waals surface area contributed by atoms with Crippen LogP contribution in [0.3, 0.4) is 0 Å². The minimum atomic E-state index is -1.13. The maximum Gasteiger partial charge on any atom is 0.364 e. The van der Waals surface area contributed by atoms with E-state index in [4.69, 9.17) is 9.47 Å². The molecular weight excluding hydrogens is 284 g/mol. The topological polar surface area (TPSA) is 61.4 Å². The van der Waals surface area contributed by atoms with Crippen molar-refractivity contribution in [2.45, 2.75) is 19.6 Å². The summed E-state index contributed by atoms with van der Waals surface area (Å²) < 4.78 is 13.4. The van der Waals surface area contributed by atoms with E-state index in [1.807, 2.05) is 30.3 Å². The van der Waals surface area contributed by atoms with Gasteiger partial charge in [0.2, 0.25) is 6.33 Å². The van der Waals surface area contributed by atoms with Gasteiger partial charge in [-0.2, -0.15) is 0 Å². The summed E-state index contributed by atoms with van der Waals surface area (Å²) in [5, 5.41) is 0. The fourth-order valence-electron chi connectivity index (χ4n) is 1.99. The third-order valence-electron chi connectivity index (χ3n) is 3.04. The molecule has 1 heterocycles. The number of carbonyl (C=O) groups is 2. The van der Waals surface area contributed by atoms with Crippen LogP contribution in [0, 0.1) is 0 Å². The van der Waals surface area contributed by atoms with Crippen molar-refractivity contribution < 1.29 is 23.6 Å². The molecule has 0 aliphatic heterocycles. The number of benzene rings is 1. The van der Waals surface area contributed by atoms with Gasteiger partial charge < -0.3 is 9.47 Å². The van der Waals surface area contributed by atoms with Crippen molar-refractivity contribution in [1.82, 2.24) is 4.57 Å². The highest BCUT2D eigenvalue weighted by atomic mass is 16.6. The Bertz CT molecular complexity index is 637. The van der Waals surface area contributed by atoms with Gasteiger partial charge in [-0.05, 0) is 12.5 Å². The minimum absolute atomic E-state index is 0.114. The number of rotatable bonds is 6. The predicted molar refractivity (Wildman–Crippen MR) is 77.5 cm³/mol. The number of aromatic nitrogens is 2. The van der Waals surface area contributed by atoms with Gasteiger partial charge in [-0.25, -0.2) is 18.7 Å². The van der Waals surface area contributed by atoms with E-state index in [0.29, 0.717) is 0 Å². The van der Waals surface area contributed by atoms with Crippen LogP contribution in [0.25, 0.3) is 0 Å². The second-order valence-corrected chi connectivity index (χ2v) is 4.77. The van der Waals surface area contributed by atoms with E-state index in [2.05, 4.69) is 0 Å². The van der Waals surface area contributed by atoms with Gasteiger partial charge in [0.15, 0.2) is 0 Å². The summed E-state index contributed by atoms with van der Waals surface area (Å²) in [6.45, 7) is 2.01. The van der Waals surface area contributed by atoms with Crippen LogP contribution >= 0.6 is 0 Å². The molecule has 6 heteroatoms. The predicted octanol–water partition coefficient (Wildman–Crippen LogP) is 1.16. The molecule has 0 aliphatic rings. The molecule has 116 valence electrons. The molecule has 0 bridgehead atoms. The molecule has 2 aromatic rings. The number of hydrogen-bond acceptors (Lipinski definition) is 4. The molecular formula is C16H19N2O4+. The van der Waals surface area contributed by atoms with Crippen molar-refractivity contribution in [3.63, 3.8) is 0 Å². The molecule has 1 unspecified atom stereocenters. The second-order valence-electron chi connectivity index (χ2n) is 4.77. The number of carbonyl (C=O) groups excluding carboxylic acids is 2. The lowest BCUT2D eigenvalue weighted by Gasteiger charge is -2.12. The van der Waals surface area contributed by atoms with Gasteiger partial charge in [-0.3, -0.25) is 0 Å². The average molecular weight is 303 g/mol. The molecule has 0 amide bonds. The Morgan fingerprint density at radius 3 is 2.45 bits per heavy atom. The number of nitrogens with zero attached hydrogens (tertiary/aromatic N) is 2. The van der Waals surface area contributed by atoms with Gasteiger partial charge >= 0.3 is 11.9 Å². The van der Waals surface area contributed by atoms with Crippen molar-refractivity contribution in [2.75, 3.05) is 6.61 Å². The summed E-state index contributed by atoms with van der Waals surface area (Å²) in [5.74, 6) is -1.27. The van der Waals surface area contributed by atoms with Crippen LogP contribution in [0.5, 0.6) is 0 Å². The lowest BCUT2D eigenvalue weighted by molar-refractivity contribution is -0.671. The summed E-state index contributed by atoms with van der Waals surface area (Å²) in [4.78, 5) is 24.3. The molecule has 0 saturated heterocycles. The fraction of sp³-hybridized carbons (Fsp3) is 0.312. The second kappa shape index (κ2) is 7.40. The highest BCUT2D eigenvalue weighted by molar-refractivity contribution is 5.97. The molecule has 0 saturated carbocycles. The monoisotopic (exact) mass is 303 g/mol. The first-order chi connectivity index (χ1) is 10.6. The zero-order valence-corrected chi connectivity index (χ0v) is 12.6. The zero-order valence-electron chi connectivity index (χ0n) is 12.6. The first-order valence-corrected chi connectivity index (χ1v) is 7.01. The Hall–Kier alpha value is -2.63. The van der Waals surface area contributed by atoms with Crippen LogP contribution in [0.1, 0.15) is 18.5 Å². The average Bonchev–Trinajstić information content (AvgIpc) is 2.93. The number of esters is 2. The molecule has 1 atom stereocenters. The molecule has 0 spiro atoms. The summed E-state index contributed by atoms with van der Waals surface area (Å²) in [5.41, 5.74) is 0.858. The van der Waals surface area contributed by atoms with E-state index < -0.39 is 18.0 Å². The first kappa shape index (κ1) is 15.8. The van der Waals surface area contributed by atoms with Crippen molar-refractivity contribution in [1.29, 1.82) is 0 Å². The van der Waals surface area contributed by atoms with Gasteiger partial charge in [0, 0.05) is 0 Å². The van der Waals surface area contributed by atoms with E-state index in [0.717, 1.165) is 5.56 Å². The molecule has 0 fully saturated rings. The van der Waals surface area contributed by atoms with Crippen molar-refractivity contribution in [2.24, 2.45) is 7.05 Å². The molecule has 1 aromatic carbocycles. The molecule has 0 N–H and O–H groups in total. The Morgan fingerprint density at radius 2 is 1.86 bits per heavy atom. The van der Waals surface area contributed by atoms with Crippen LogP contribution in [-0.2, 0) is 32.7 Å². The van der Waals surface area contributed by atoms with Gasteiger partial charge in [-0.1, -0.05) is 30.3 Å². The number of aryl methyl sites for hydroxylation is 1. The van der Waals surface area contributed by atoms with Crippen molar-refractivity contribution in [3.05, 3.63) is 54.6 Å². The fourth-order valence-corrected chi connectivity index (χ4v) is 1.99. The van der Waals surface area contributed by atoms with Gasteiger partial charge in [-0.15, -0.1) is 0 Å². The van der Waals surface area contributed by atoms with E-state index in [-0.39, 0.29) is 13.2 Å².